The number of nitrogens with two attached hydrogens (primary N) is 1. The molecule has 3 N–H and O–H groups in total. The maximum atomic E-state index is 5.63. The average molecular weight is 277 g/mol. The van der Waals surface area contributed by atoms with Crippen molar-refractivity contribution in [2.45, 2.75) is 11.8 Å². The highest BCUT2D eigenvalue weighted by Crippen LogP contribution is 2.26. The first-order valence-corrected chi connectivity index (χ1v) is 6.99. The summed E-state index contributed by atoms with van der Waals surface area (Å²) in [4.78, 5) is 13.2. The van der Waals surface area contributed by atoms with Gasteiger partial charge < -0.3 is 15.8 Å². The number of nitrogens with zero attached hydrogens (tertiary/aromatic N) is 3. The zero-order valence-corrected chi connectivity index (χ0v) is 11.6. The van der Waals surface area contributed by atoms with Crippen molar-refractivity contribution in [1.29, 1.82) is 0 Å². The molecule has 0 saturated carbocycles. The molecule has 0 atom stereocenters. The lowest BCUT2D eigenvalue weighted by atomic mass is 10.3. The first-order chi connectivity index (χ1) is 9.22. The molecular formula is C12H15N5OS. The fraction of sp³-hybridized carbons (Fsp3) is 0.250. The molecule has 1 heterocycles. The number of hydrogen-bond donors (Lipinski definition) is 2. The number of rotatable bonds is 5. The summed E-state index contributed by atoms with van der Waals surface area (Å²) in [5.41, 5.74) is 6.55. The molecule has 0 radical (unpaired) electrons. The number of benzene rings is 1. The Morgan fingerprint density at radius 2 is 2.05 bits per heavy atom. The van der Waals surface area contributed by atoms with Crippen LogP contribution in [-0.2, 0) is 0 Å². The molecule has 6 nitrogen and oxygen atoms in total. The Morgan fingerprint density at radius 3 is 2.79 bits per heavy atom. The number of thioether (sulfide) groups is 1. The Hall–Kier alpha value is -2.02. The van der Waals surface area contributed by atoms with E-state index in [1.54, 1.807) is 11.8 Å². The lowest BCUT2D eigenvalue weighted by molar-refractivity contribution is 0.312. The van der Waals surface area contributed by atoms with Crippen LogP contribution in [0, 0.1) is 0 Å². The van der Waals surface area contributed by atoms with E-state index in [2.05, 4.69) is 20.3 Å². The zero-order chi connectivity index (χ0) is 13.7. The molecule has 0 spiro atoms. The standard InChI is InChI=1S/C12H15N5OS/c1-3-18-12-16-10(13)15-11(17-12)14-8-6-4-5-7-9(8)19-2/h4-7H,3H2,1-2H3,(H3,13,14,15,16,17). The third-order valence-corrected chi connectivity index (χ3v) is 3.05. The number of ether oxygens (including phenoxy) is 1. The van der Waals surface area contributed by atoms with Gasteiger partial charge in [0.1, 0.15) is 0 Å². The van der Waals surface area contributed by atoms with Gasteiger partial charge in [-0.05, 0) is 25.3 Å². The lowest BCUT2D eigenvalue weighted by Crippen LogP contribution is -2.07. The van der Waals surface area contributed by atoms with Crippen LogP contribution in [0.15, 0.2) is 29.2 Å². The summed E-state index contributed by atoms with van der Waals surface area (Å²) in [5, 5.41) is 3.12. The van der Waals surface area contributed by atoms with Crippen LogP contribution in [0.25, 0.3) is 0 Å². The van der Waals surface area contributed by atoms with Gasteiger partial charge in [-0.15, -0.1) is 11.8 Å². The van der Waals surface area contributed by atoms with E-state index in [4.69, 9.17) is 10.5 Å². The molecule has 19 heavy (non-hydrogen) atoms. The molecule has 0 aliphatic heterocycles. The number of nitrogens with one attached hydrogen (secondary N) is 1. The van der Waals surface area contributed by atoms with E-state index >= 15 is 0 Å². The van der Waals surface area contributed by atoms with Gasteiger partial charge in [0.2, 0.25) is 11.9 Å². The molecule has 0 saturated heterocycles. The number of anilines is 3. The van der Waals surface area contributed by atoms with Crippen molar-refractivity contribution in [2.24, 2.45) is 0 Å². The zero-order valence-electron chi connectivity index (χ0n) is 10.8. The van der Waals surface area contributed by atoms with Gasteiger partial charge in [0.25, 0.3) is 0 Å². The normalized spacial score (nSPS) is 10.2. The van der Waals surface area contributed by atoms with Crippen molar-refractivity contribution in [3.63, 3.8) is 0 Å². The second-order valence-electron chi connectivity index (χ2n) is 3.56. The minimum absolute atomic E-state index is 0.127. The maximum absolute atomic E-state index is 5.63. The molecule has 2 aromatic rings. The highest BCUT2D eigenvalue weighted by atomic mass is 32.2. The minimum Gasteiger partial charge on any atom is -0.464 e. The number of hydrogen-bond acceptors (Lipinski definition) is 7. The molecule has 0 aliphatic carbocycles. The topological polar surface area (TPSA) is 86.0 Å². The van der Waals surface area contributed by atoms with E-state index < -0.39 is 0 Å². The van der Waals surface area contributed by atoms with Crippen LogP contribution in [0.1, 0.15) is 6.92 Å². The van der Waals surface area contributed by atoms with E-state index in [1.165, 1.54) is 0 Å². The van der Waals surface area contributed by atoms with Crippen LogP contribution < -0.4 is 15.8 Å². The van der Waals surface area contributed by atoms with Crippen LogP contribution in [0.4, 0.5) is 17.6 Å². The molecule has 0 aliphatic rings. The molecular weight excluding hydrogens is 262 g/mol. The molecule has 7 heteroatoms. The van der Waals surface area contributed by atoms with E-state index in [-0.39, 0.29) is 12.0 Å². The molecule has 2 rings (SSSR count). The first kappa shape index (κ1) is 13.4. The van der Waals surface area contributed by atoms with E-state index in [0.717, 1.165) is 10.6 Å². The number of nitrogen functional groups attached to an aromatic ring is 1. The summed E-state index contributed by atoms with van der Waals surface area (Å²) in [5.74, 6) is 0.500. The van der Waals surface area contributed by atoms with Crippen molar-refractivity contribution in [3.05, 3.63) is 24.3 Å². The third-order valence-electron chi connectivity index (χ3n) is 2.26. The summed E-state index contributed by atoms with van der Waals surface area (Å²) >= 11 is 1.64. The van der Waals surface area contributed by atoms with Crippen molar-refractivity contribution >= 4 is 29.3 Å². The number of para-hydroxylation sites is 1. The maximum Gasteiger partial charge on any atom is 0.323 e. The van der Waals surface area contributed by atoms with Gasteiger partial charge in [-0.25, -0.2) is 0 Å². The van der Waals surface area contributed by atoms with E-state index in [9.17, 15) is 0 Å². The van der Waals surface area contributed by atoms with Gasteiger partial charge in [-0.3, -0.25) is 0 Å². The largest absolute Gasteiger partial charge is 0.464 e. The van der Waals surface area contributed by atoms with Crippen LogP contribution in [0.5, 0.6) is 6.01 Å². The molecule has 0 bridgehead atoms. The Balaban J connectivity index is 2.27. The summed E-state index contributed by atoms with van der Waals surface area (Å²) in [7, 11) is 0. The van der Waals surface area contributed by atoms with Gasteiger partial charge in [0, 0.05) is 4.90 Å². The van der Waals surface area contributed by atoms with Gasteiger partial charge in [-0.2, -0.15) is 15.0 Å². The fourth-order valence-electron chi connectivity index (χ4n) is 1.49. The van der Waals surface area contributed by atoms with Gasteiger partial charge >= 0.3 is 6.01 Å². The van der Waals surface area contributed by atoms with Crippen LogP contribution in [0.2, 0.25) is 0 Å². The van der Waals surface area contributed by atoms with E-state index in [1.807, 2.05) is 37.4 Å². The van der Waals surface area contributed by atoms with E-state index in [0.29, 0.717) is 12.6 Å². The van der Waals surface area contributed by atoms with Crippen LogP contribution >= 0.6 is 11.8 Å². The summed E-state index contributed by atoms with van der Waals surface area (Å²) in [6.45, 7) is 2.33. The molecule has 100 valence electrons. The van der Waals surface area contributed by atoms with Crippen molar-refractivity contribution < 1.29 is 4.74 Å². The van der Waals surface area contributed by atoms with Crippen molar-refractivity contribution in [1.82, 2.24) is 15.0 Å². The highest BCUT2D eigenvalue weighted by molar-refractivity contribution is 7.98. The van der Waals surface area contributed by atoms with Gasteiger partial charge in [0.15, 0.2) is 0 Å². The minimum atomic E-state index is 0.127. The van der Waals surface area contributed by atoms with Crippen LogP contribution in [-0.4, -0.2) is 27.8 Å². The molecule has 1 aromatic heterocycles. The summed E-state index contributed by atoms with van der Waals surface area (Å²) in [6, 6.07) is 8.10. The highest BCUT2D eigenvalue weighted by Gasteiger charge is 2.07. The second kappa shape index (κ2) is 6.24. The molecule has 0 fully saturated rings. The molecule has 0 unspecified atom stereocenters. The van der Waals surface area contributed by atoms with Gasteiger partial charge in [0.05, 0.1) is 12.3 Å². The average Bonchev–Trinajstić information content (AvgIpc) is 2.39. The predicted molar refractivity (Wildman–Crippen MR) is 76.9 cm³/mol. The Labute approximate surface area is 115 Å². The van der Waals surface area contributed by atoms with Crippen molar-refractivity contribution in [2.75, 3.05) is 23.9 Å². The first-order valence-electron chi connectivity index (χ1n) is 5.77. The monoisotopic (exact) mass is 277 g/mol. The third kappa shape index (κ3) is 3.47. The molecule has 0 amide bonds. The lowest BCUT2D eigenvalue weighted by Gasteiger charge is -2.10. The smallest absolute Gasteiger partial charge is 0.323 e. The fourth-order valence-corrected chi connectivity index (χ4v) is 2.04. The molecule has 1 aromatic carbocycles. The Bertz CT molecular complexity index is 564. The predicted octanol–water partition coefficient (Wildman–Crippen LogP) is 2.32. The number of aromatic nitrogens is 3. The van der Waals surface area contributed by atoms with Crippen molar-refractivity contribution in [3.8, 4) is 6.01 Å². The van der Waals surface area contributed by atoms with Gasteiger partial charge in [-0.1, -0.05) is 12.1 Å². The van der Waals surface area contributed by atoms with Crippen LogP contribution in [0.3, 0.4) is 0 Å². The Morgan fingerprint density at radius 1 is 1.26 bits per heavy atom. The Kier molecular flexibility index (Phi) is 4.40. The quantitative estimate of drug-likeness (QED) is 0.811. The summed E-state index contributed by atoms with van der Waals surface area (Å²) < 4.78 is 5.23. The second-order valence-corrected chi connectivity index (χ2v) is 4.41. The SMILES string of the molecule is CCOc1nc(N)nc(Nc2ccccc2SC)n1. The summed E-state index contributed by atoms with van der Waals surface area (Å²) in [6.07, 6.45) is 2.01.